The van der Waals surface area contributed by atoms with Crippen LogP contribution in [0, 0.1) is 6.92 Å². The van der Waals surface area contributed by atoms with Crippen molar-refractivity contribution >= 4 is 10.0 Å². The molecule has 5 heteroatoms. The van der Waals surface area contributed by atoms with Crippen LogP contribution in [0.2, 0.25) is 0 Å². The molecule has 1 aliphatic heterocycles. The highest BCUT2D eigenvalue weighted by Crippen LogP contribution is 2.31. The average Bonchev–Trinajstić information content (AvgIpc) is 2.55. The zero-order chi connectivity index (χ0) is 16.4. The third-order valence-electron chi connectivity index (χ3n) is 4.30. The quantitative estimate of drug-likeness (QED) is 0.862. The Hall–Kier alpha value is -1.72. The summed E-state index contributed by atoms with van der Waals surface area (Å²) >= 11 is 0. The summed E-state index contributed by atoms with van der Waals surface area (Å²) in [5, 5.41) is 0. The summed E-state index contributed by atoms with van der Waals surface area (Å²) in [5.74, 6) is -0.111. The van der Waals surface area contributed by atoms with Gasteiger partial charge < -0.3 is 0 Å². The molecule has 3 nitrogen and oxygen atoms in total. The molecule has 0 spiro atoms. The van der Waals surface area contributed by atoms with Gasteiger partial charge in [0.05, 0.1) is 4.90 Å². The van der Waals surface area contributed by atoms with Gasteiger partial charge in [0.25, 0.3) is 0 Å². The number of benzene rings is 2. The van der Waals surface area contributed by atoms with Crippen molar-refractivity contribution in [1.29, 1.82) is 0 Å². The third-order valence-corrected chi connectivity index (χ3v) is 6.14. The predicted octanol–water partition coefficient (Wildman–Crippen LogP) is 3.51. The Labute approximate surface area is 136 Å². The number of nitrogens with zero attached hydrogens (tertiary/aromatic N) is 1. The van der Waals surface area contributed by atoms with Gasteiger partial charge in [0, 0.05) is 19.0 Å². The molecule has 0 bridgehead atoms. The highest BCUT2D eigenvalue weighted by atomic mass is 32.2. The van der Waals surface area contributed by atoms with Gasteiger partial charge in [-0.05, 0) is 31.0 Å². The molecule has 1 heterocycles. The second-order valence-electron chi connectivity index (χ2n) is 6.08. The molecule has 2 aromatic carbocycles. The van der Waals surface area contributed by atoms with Crippen molar-refractivity contribution in [2.45, 2.75) is 30.3 Å². The molecule has 0 unspecified atom stereocenters. The van der Waals surface area contributed by atoms with Gasteiger partial charge in [-0.15, -0.1) is 0 Å². The zero-order valence-electron chi connectivity index (χ0n) is 13.0. The first-order chi connectivity index (χ1) is 11.0. The summed E-state index contributed by atoms with van der Waals surface area (Å²) in [6.07, 6.45) is -0.779. The van der Waals surface area contributed by atoms with E-state index >= 15 is 0 Å². The van der Waals surface area contributed by atoms with Crippen LogP contribution in [0.3, 0.4) is 0 Å². The van der Waals surface area contributed by atoms with Crippen LogP contribution in [0.1, 0.15) is 23.5 Å². The topological polar surface area (TPSA) is 37.4 Å². The van der Waals surface area contributed by atoms with Crippen LogP contribution >= 0.6 is 0 Å². The molecule has 0 aliphatic carbocycles. The fraction of sp³-hybridized carbons (Fsp3) is 0.333. The number of piperidine rings is 1. The van der Waals surface area contributed by atoms with Crippen molar-refractivity contribution < 1.29 is 12.8 Å². The van der Waals surface area contributed by atoms with Crippen molar-refractivity contribution in [3.63, 3.8) is 0 Å². The number of alkyl halides is 1. The van der Waals surface area contributed by atoms with E-state index in [1.807, 2.05) is 37.3 Å². The fourth-order valence-corrected chi connectivity index (χ4v) is 4.53. The van der Waals surface area contributed by atoms with Crippen molar-refractivity contribution in [2.75, 3.05) is 13.1 Å². The Morgan fingerprint density at radius 2 is 1.65 bits per heavy atom. The van der Waals surface area contributed by atoms with E-state index in [0.29, 0.717) is 13.0 Å². The molecule has 2 atom stereocenters. The van der Waals surface area contributed by atoms with E-state index in [4.69, 9.17) is 0 Å². The summed E-state index contributed by atoms with van der Waals surface area (Å²) < 4.78 is 41.0. The van der Waals surface area contributed by atoms with Gasteiger partial charge in [-0.1, -0.05) is 48.0 Å². The summed E-state index contributed by atoms with van der Waals surface area (Å²) in [6, 6.07) is 16.3. The highest BCUT2D eigenvalue weighted by molar-refractivity contribution is 7.89. The lowest BCUT2D eigenvalue weighted by molar-refractivity contribution is 0.184. The standard InChI is InChI=1S/C18H20FNO2S/c1-14-7-9-18(10-8-14)23(21,22)20-12-16(11-17(19)13-20)15-5-3-2-4-6-15/h2-10,16-17H,11-13H2,1H3/t16-,17+/m0/s1. The van der Waals surface area contributed by atoms with Gasteiger partial charge in [-0.2, -0.15) is 4.31 Å². The Morgan fingerprint density at radius 1 is 1.00 bits per heavy atom. The first kappa shape index (κ1) is 16.1. The Morgan fingerprint density at radius 3 is 2.30 bits per heavy atom. The van der Waals surface area contributed by atoms with Gasteiger partial charge in [0.1, 0.15) is 6.17 Å². The molecule has 122 valence electrons. The largest absolute Gasteiger partial charge is 0.246 e. The summed E-state index contributed by atoms with van der Waals surface area (Å²) in [5.41, 5.74) is 1.98. The molecule has 0 aromatic heterocycles. The van der Waals surface area contributed by atoms with E-state index in [1.54, 1.807) is 24.3 Å². The molecule has 1 saturated heterocycles. The third kappa shape index (κ3) is 3.46. The number of rotatable bonds is 3. The van der Waals surface area contributed by atoms with Gasteiger partial charge in [-0.3, -0.25) is 0 Å². The lowest BCUT2D eigenvalue weighted by Gasteiger charge is -2.34. The monoisotopic (exact) mass is 333 g/mol. The maximum atomic E-state index is 14.2. The van der Waals surface area contributed by atoms with Crippen LogP contribution in [0.5, 0.6) is 0 Å². The van der Waals surface area contributed by atoms with E-state index in [1.165, 1.54) is 4.31 Å². The van der Waals surface area contributed by atoms with Crippen molar-refractivity contribution in [3.8, 4) is 0 Å². The molecular weight excluding hydrogens is 313 g/mol. The molecule has 1 aliphatic rings. The summed E-state index contributed by atoms with van der Waals surface area (Å²) in [6.45, 7) is 2.15. The van der Waals surface area contributed by atoms with E-state index in [2.05, 4.69) is 0 Å². The van der Waals surface area contributed by atoms with Crippen LogP contribution in [0.15, 0.2) is 59.5 Å². The average molecular weight is 333 g/mol. The fourth-order valence-electron chi connectivity index (χ4n) is 3.02. The molecule has 1 fully saturated rings. The van der Waals surface area contributed by atoms with Crippen LogP contribution in [0.4, 0.5) is 4.39 Å². The number of halogens is 1. The minimum Gasteiger partial charge on any atom is -0.246 e. The van der Waals surface area contributed by atoms with E-state index < -0.39 is 16.2 Å². The van der Waals surface area contributed by atoms with E-state index in [-0.39, 0.29) is 17.4 Å². The van der Waals surface area contributed by atoms with Gasteiger partial charge in [0.15, 0.2) is 0 Å². The number of hydrogen-bond donors (Lipinski definition) is 0. The van der Waals surface area contributed by atoms with E-state index in [9.17, 15) is 12.8 Å². The second-order valence-corrected chi connectivity index (χ2v) is 8.01. The summed E-state index contributed by atoms with van der Waals surface area (Å²) in [4.78, 5) is 0.226. The van der Waals surface area contributed by atoms with Crippen LogP contribution < -0.4 is 0 Å². The molecule has 0 amide bonds. The Kier molecular flexibility index (Phi) is 4.50. The number of hydrogen-bond acceptors (Lipinski definition) is 2. The molecule has 23 heavy (non-hydrogen) atoms. The van der Waals surface area contributed by atoms with Crippen molar-refractivity contribution in [3.05, 3.63) is 65.7 Å². The molecule has 0 saturated carbocycles. The highest BCUT2D eigenvalue weighted by Gasteiger charge is 2.35. The van der Waals surface area contributed by atoms with Crippen molar-refractivity contribution in [2.24, 2.45) is 0 Å². The van der Waals surface area contributed by atoms with Crippen LogP contribution in [-0.4, -0.2) is 32.0 Å². The summed E-state index contributed by atoms with van der Waals surface area (Å²) in [7, 11) is -3.66. The van der Waals surface area contributed by atoms with Crippen molar-refractivity contribution in [1.82, 2.24) is 4.31 Å². The SMILES string of the molecule is Cc1ccc(S(=O)(=O)N2C[C@H](F)C[C@H](c3ccccc3)C2)cc1. The van der Waals surface area contributed by atoms with Gasteiger partial charge in [0.2, 0.25) is 10.0 Å². The lowest BCUT2D eigenvalue weighted by Crippen LogP contribution is -2.44. The lowest BCUT2D eigenvalue weighted by atomic mass is 9.91. The Bertz CT molecular complexity index is 759. The first-order valence-corrected chi connectivity index (χ1v) is 9.16. The normalized spacial score (nSPS) is 22.9. The molecule has 2 aromatic rings. The zero-order valence-corrected chi connectivity index (χ0v) is 13.8. The molecule has 0 radical (unpaired) electrons. The molecule has 3 rings (SSSR count). The van der Waals surface area contributed by atoms with E-state index in [0.717, 1.165) is 11.1 Å². The Balaban J connectivity index is 1.88. The minimum atomic E-state index is -3.66. The van der Waals surface area contributed by atoms with Gasteiger partial charge in [-0.25, -0.2) is 12.8 Å². The van der Waals surface area contributed by atoms with Crippen LogP contribution in [-0.2, 0) is 10.0 Å². The number of aryl methyl sites for hydroxylation is 1. The maximum absolute atomic E-state index is 14.2. The first-order valence-electron chi connectivity index (χ1n) is 7.72. The predicted molar refractivity (Wildman–Crippen MR) is 88.6 cm³/mol. The number of sulfonamides is 1. The smallest absolute Gasteiger partial charge is 0.243 e. The molecular formula is C18H20FNO2S. The second kappa shape index (κ2) is 6.42. The molecule has 0 N–H and O–H groups in total. The van der Waals surface area contributed by atoms with Crippen LogP contribution in [0.25, 0.3) is 0 Å². The van der Waals surface area contributed by atoms with Gasteiger partial charge >= 0.3 is 0 Å². The minimum absolute atomic E-state index is 0.0699. The maximum Gasteiger partial charge on any atom is 0.243 e.